The molecule has 4 aliphatic heterocycles. The van der Waals surface area contributed by atoms with Crippen molar-refractivity contribution >= 4 is 17.3 Å². The number of Topliss-reactive ketones (excluding diaryl/α,β-unsaturated/α-hetero) is 3. The third-order valence-corrected chi connectivity index (χ3v) is 13.8. The highest BCUT2D eigenvalue weighted by Crippen LogP contribution is 2.57. The summed E-state index contributed by atoms with van der Waals surface area (Å²) in [5.74, 6) is -3.45. The van der Waals surface area contributed by atoms with Crippen LogP contribution in [0.3, 0.4) is 0 Å². The zero-order valence-corrected chi connectivity index (χ0v) is 34.8. The molecule has 3 aliphatic carbocycles. The van der Waals surface area contributed by atoms with Gasteiger partial charge in [-0.1, -0.05) is 6.07 Å². The Hall–Kier alpha value is -2.79. The molecule has 61 heavy (non-hydrogen) atoms. The maximum atomic E-state index is 14.8. The number of aliphatic hydroxyl groups excluding tert-OH is 5. The Morgan fingerprint density at radius 1 is 0.705 bits per heavy atom. The van der Waals surface area contributed by atoms with Crippen LogP contribution < -0.4 is 0 Å². The van der Waals surface area contributed by atoms with E-state index in [9.17, 15) is 55.2 Å². The highest BCUT2D eigenvalue weighted by molar-refractivity contribution is 6.31. The second kappa shape index (κ2) is 16.3. The lowest BCUT2D eigenvalue weighted by molar-refractivity contribution is -0.306. The molecule has 4 heterocycles. The molecule has 0 unspecified atom stereocenters. The molecule has 0 bridgehead atoms. The summed E-state index contributed by atoms with van der Waals surface area (Å²) in [6.07, 6.45) is -13.9. The lowest BCUT2D eigenvalue weighted by Gasteiger charge is -2.57. The molecule has 8 N–H and O–H groups in total. The standard InChI is InChI=1S/C43H58O18/c1-17-23(44)8-10-31(56-17)61-43-29(47)15-41(5,53)16-42(43,54)14-25(46)34-35(43)39(51)22-7-6-21(38(50)33(22)40(34)52)27-13-28(37(49)20(4)55-27)60-30-11-9-26(18(2)57-30)59-32-12-24(45)36(48)19(3)58-32/h6-7,17-20,23-28,30-32,36-37,44-46,48-50,53-54H,8-16H2,1-5H3/t17-,18-,19+,20+,23-,24+,25+,26-,27+,28+,30-,31-,32-,36+,37+,41-,42-,43-/m0/s1. The van der Waals surface area contributed by atoms with Crippen LogP contribution in [0.4, 0.5) is 0 Å². The third-order valence-electron chi connectivity index (χ3n) is 13.8. The molecule has 1 aromatic carbocycles. The second-order valence-electron chi connectivity index (χ2n) is 18.4. The maximum Gasteiger partial charge on any atom is 0.196 e. The molecule has 4 saturated heterocycles. The number of carbonyl (C=O) groups is 3. The van der Waals surface area contributed by atoms with Crippen LogP contribution in [0, 0.1) is 0 Å². The summed E-state index contributed by atoms with van der Waals surface area (Å²) in [5, 5.41) is 88.6. The van der Waals surface area contributed by atoms with Crippen LogP contribution in [0.15, 0.2) is 23.3 Å². The summed E-state index contributed by atoms with van der Waals surface area (Å²) < 4.78 is 42.6. The molecule has 18 nitrogen and oxygen atoms in total. The fourth-order valence-electron chi connectivity index (χ4n) is 10.6. The van der Waals surface area contributed by atoms with Gasteiger partial charge in [0.1, 0.15) is 23.6 Å². The summed E-state index contributed by atoms with van der Waals surface area (Å²) in [6, 6.07) is 2.68. The zero-order valence-electron chi connectivity index (χ0n) is 34.8. The summed E-state index contributed by atoms with van der Waals surface area (Å²) in [4.78, 5) is 43.7. The normalized spacial score (nSPS) is 46.8. The topological polar surface area (TPSA) is 278 Å². The van der Waals surface area contributed by atoms with Crippen molar-refractivity contribution in [3.8, 4) is 5.75 Å². The van der Waals surface area contributed by atoms with Gasteiger partial charge in [-0.15, -0.1) is 0 Å². The average Bonchev–Trinajstić information content (AvgIpc) is 3.17. The molecular formula is C43H58O18. The van der Waals surface area contributed by atoms with Crippen LogP contribution in [0.25, 0.3) is 0 Å². The first-order valence-electron chi connectivity index (χ1n) is 21.3. The molecular weight excluding hydrogens is 804 g/mol. The van der Waals surface area contributed by atoms with Gasteiger partial charge in [-0.3, -0.25) is 14.4 Å². The number of rotatable bonds is 7. The Morgan fingerprint density at radius 2 is 1.36 bits per heavy atom. The SMILES string of the molecule is C[C@@H]1O[C@@H](O[C@@H]2C[C@H](c3ccc4c(c3O)C(=O)C3=C(C4=O)[C@@]4(O[C@H]5CC[C@H](O)[C@H](C)O5)C(=O)C[C@](C)(O)C[C@@]4(O)C[C@H]3O)O[C@H](C)[C@H]2O)CC[C@@H]1O[C@H]1C[C@@H](O)[C@H](O)[C@@H](C)O1. The molecule has 0 spiro atoms. The van der Waals surface area contributed by atoms with Gasteiger partial charge in [-0.05, 0) is 53.5 Å². The minimum absolute atomic E-state index is 0.00826. The fourth-order valence-corrected chi connectivity index (χ4v) is 10.6. The number of fused-ring (bicyclic) bond motifs is 3. The van der Waals surface area contributed by atoms with Crippen molar-refractivity contribution in [1.82, 2.24) is 0 Å². The van der Waals surface area contributed by atoms with E-state index in [1.54, 1.807) is 27.7 Å². The van der Waals surface area contributed by atoms with Crippen LogP contribution in [0.1, 0.15) is 125 Å². The minimum Gasteiger partial charge on any atom is -0.507 e. The first-order valence-corrected chi connectivity index (χ1v) is 21.3. The number of phenolic OH excluding ortho intramolecular Hbond substituents is 1. The molecule has 0 amide bonds. The largest absolute Gasteiger partial charge is 0.507 e. The van der Waals surface area contributed by atoms with Gasteiger partial charge in [0.2, 0.25) is 0 Å². The molecule has 1 aromatic rings. The fraction of sp³-hybridized carbons (Fsp3) is 0.744. The van der Waals surface area contributed by atoms with Gasteiger partial charge >= 0.3 is 0 Å². The van der Waals surface area contributed by atoms with Gasteiger partial charge < -0.3 is 74.0 Å². The molecule has 0 radical (unpaired) electrons. The van der Waals surface area contributed by atoms with Crippen LogP contribution >= 0.6 is 0 Å². The van der Waals surface area contributed by atoms with Crippen molar-refractivity contribution in [2.24, 2.45) is 0 Å². The lowest BCUT2D eigenvalue weighted by Crippen LogP contribution is -2.73. The number of phenols is 1. The Morgan fingerprint density at radius 3 is 2.05 bits per heavy atom. The van der Waals surface area contributed by atoms with Crippen LogP contribution in [-0.4, -0.2) is 161 Å². The molecule has 338 valence electrons. The predicted molar refractivity (Wildman–Crippen MR) is 206 cm³/mol. The Kier molecular flexibility index (Phi) is 12.0. The predicted octanol–water partition coefficient (Wildman–Crippen LogP) is 0.682. The number of ketones is 3. The van der Waals surface area contributed by atoms with Crippen molar-refractivity contribution in [1.29, 1.82) is 0 Å². The summed E-state index contributed by atoms with van der Waals surface area (Å²) >= 11 is 0. The molecule has 18 heteroatoms. The highest BCUT2D eigenvalue weighted by Gasteiger charge is 2.71. The van der Waals surface area contributed by atoms with Gasteiger partial charge in [0.05, 0.1) is 77.8 Å². The summed E-state index contributed by atoms with van der Waals surface area (Å²) in [6.45, 7) is 8.00. The third kappa shape index (κ3) is 7.73. The van der Waals surface area contributed by atoms with Crippen molar-refractivity contribution < 1.29 is 88.4 Å². The van der Waals surface area contributed by atoms with Gasteiger partial charge in [0.25, 0.3) is 0 Å². The second-order valence-corrected chi connectivity index (χ2v) is 18.4. The van der Waals surface area contributed by atoms with Crippen molar-refractivity contribution in [2.45, 2.75) is 201 Å². The first-order chi connectivity index (χ1) is 28.6. The minimum atomic E-state index is -2.56. The van der Waals surface area contributed by atoms with Crippen LogP contribution in [-0.2, 0) is 38.0 Å². The van der Waals surface area contributed by atoms with Gasteiger partial charge in [-0.2, -0.15) is 0 Å². The average molecular weight is 863 g/mol. The lowest BCUT2D eigenvalue weighted by atomic mass is 9.54. The smallest absolute Gasteiger partial charge is 0.196 e. The molecule has 0 aromatic heterocycles. The molecule has 7 aliphatic rings. The van der Waals surface area contributed by atoms with E-state index in [1.807, 2.05) is 0 Å². The number of benzene rings is 1. The number of carbonyl (C=O) groups excluding carboxylic acids is 3. The molecule has 18 atom stereocenters. The van der Waals surface area contributed by atoms with E-state index in [4.69, 9.17) is 33.2 Å². The molecule has 5 fully saturated rings. The quantitative estimate of drug-likeness (QED) is 0.187. The Labute approximate surface area is 352 Å². The van der Waals surface area contributed by atoms with E-state index in [-0.39, 0.29) is 36.8 Å². The number of aliphatic hydroxyl groups is 7. The van der Waals surface area contributed by atoms with Gasteiger partial charge in [0.15, 0.2) is 41.8 Å². The van der Waals surface area contributed by atoms with E-state index in [1.165, 1.54) is 19.1 Å². The Balaban J connectivity index is 1.04. The number of ether oxygens (including phenoxy) is 7. The monoisotopic (exact) mass is 862 g/mol. The van der Waals surface area contributed by atoms with E-state index < -0.39 is 168 Å². The highest BCUT2D eigenvalue weighted by atomic mass is 16.7. The summed E-state index contributed by atoms with van der Waals surface area (Å²) in [5.41, 5.74) is -8.50. The van der Waals surface area contributed by atoms with Crippen molar-refractivity contribution in [3.05, 3.63) is 40.0 Å². The molecule has 8 rings (SSSR count). The van der Waals surface area contributed by atoms with E-state index in [0.29, 0.717) is 12.8 Å². The summed E-state index contributed by atoms with van der Waals surface area (Å²) in [7, 11) is 0. The van der Waals surface area contributed by atoms with E-state index >= 15 is 0 Å². The van der Waals surface area contributed by atoms with Gasteiger partial charge in [-0.25, -0.2) is 0 Å². The number of aromatic hydroxyl groups is 1. The first kappa shape index (κ1) is 44.8. The van der Waals surface area contributed by atoms with Crippen molar-refractivity contribution in [2.75, 3.05) is 0 Å². The zero-order chi connectivity index (χ0) is 44.1. The van der Waals surface area contributed by atoms with Crippen LogP contribution in [0.5, 0.6) is 5.75 Å². The molecule has 1 saturated carbocycles. The van der Waals surface area contributed by atoms with Crippen molar-refractivity contribution in [3.63, 3.8) is 0 Å². The van der Waals surface area contributed by atoms with E-state index in [2.05, 4.69) is 0 Å². The van der Waals surface area contributed by atoms with Crippen LogP contribution in [0.2, 0.25) is 0 Å². The number of hydrogen-bond acceptors (Lipinski definition) is 18. The number of hydrogen-bond donors (Lipinski definition) is 8. The Bertz CT molecular complexity index is 1920. The van der Waals surface area contributed by atoms with Gasteiger partial charge in [0, 0.05) is 61.6 Å². The van der Waals surface area contributed by atoms with E-state index in [0.717, 1.165) is 0 Å². The maximum absolute atomic E-state index is 14.8.